The minimum absolute atomic E-state index is 0.0189. The zero-order valence-electron chi connectivity index (χ0n) is 30.2. The van der Waals surface area contributed by atoms with Crippen LogP contribution in [-0.2, 0) is 10.0 Å². The predicted molar refractivity (Wildman–Crippen MR) is 224 cm³/mol. The van der Waals surface area contributed by atoms with E-state index in [4.69, 9.17) is 20.4 Å². The van der Waals surface area contributed by atoms with Gasteiger partial charge in [-0.25, -0.2) is 18.4 Å². The number of carbonyl (C=O) groups excluding carboxylic acids is 2. The Morgan fingerprint density at radius 3 is 1.91 bits per heavy atom. The standard InChI is InChI=1S/C23H19N3O2S3.C20H13NO4/c1-13-4-7-18-20(10-13)29-23(24-18)16-6-9-19-21(12-16)30-22(25-19)15-5-8-17(14(2)11-15)26-31(3,27)28;21-18-15(25-11-6-2-1-3-7-11)10-14(22)16-17(18)20(24)13-9-5-4-8-12(13)19(16)23/h4-12,26H,1-3H3;1-10,22H,21H2. The van der Waals surface area contributed by atoms with Crippen molar-refractivity contribution in [2.24, 2.45) is 0 Å². The molecule has 0 unspecified atom stereocenters. The fraction of sp³-hybridized carbons (Fsp3) is 0.0698. The molecule has 0 spiro atoms. The highest BCUT2D eigenvalue weighted by molar-refractivity contribution is 7.92. The summed E-state index contributed by atoms with van der Waals surface area (Å²) < 4.78 is 33.6. The molecule has 1 aliphatic carbocycles. The molecular weight excluding hydrogens is 765 g/mol. The highest BCUT2D eigenvalue weighted by Gasteiger charge is 2.35. The number of nitrogens with two attached hydrogens (primary N) is 1. The van der Waals surface area contributed by atoms with Crippen LogP contribution in [0.2, 0.25) is 0 Å². The van der Waals surface area contributed by atoms with Crippen LogP contribution in [0.5, 0.6) is 17.2 Å². The molecule has 10 nitrogen and oxygen atoms in total. The number of thiazole rings is 2. The lowest BCUT2D eigenvalue weighted by molar-refractivity contribution is 0.0977. The molecule has 0 saturated heterocycles. The first kappa shape index (κ1) is 36.6. The largest absolute Gasteiger partial charge is 0.507 e. The third-order valence-electron chi connectivity index (χ3n) is 9.10. The van der Waals surface area contributed by atoms with Crippen molar-refractivity contribution in [2.75, 3.05) is 16.7 Å². The average molecular weight is 797 g/mol. The minimum Gasteiger partial charge on any atom is -0.507 e. The molecule has 1 aliphatic rings. The number of hydrogen-bond donors (Lipinski definition) is 3. The molecule has 0 fully saturated rings. The number of nitrogens with zero attached hydrogens (tertiary/aromatic N) is 2. The number of aromatic nitrogens is 2. The van der Waals surface area contributed by atoms with E-state index in [1.165, 1.54) is 16.3 Å². The molecule has 56 heavy (non-hydrogen) atoms. The summed E-state index contributed by atoms with van der Waals surface area (Å²) in [5, 5.41) is 12.3. The molecule has 0 aliphatic heterocycles. The Morgan fingerprint density at radius 1 is 0.696 bits per heavy atom. The molecule has 9 rings (SSSR count). The fourth-order valence-electron chi connectivity index (χ4n) is 6.42. The minimum atomic E-state index is -3.31. The third-order valence-corrected chi connectivity index (χ3v) is 11.8. The van der Waals surface area contributed by atoms with Gasteiger partial charge in [-0.3, -0.25) is 14.3 Å². The molecule has 0 radical (unpaired) electrons. The lowest BCUT2D eigenvalue weighted by atomic mass is 9.82. The van der Waals surface area contributed by atoms with Gasteiger partial charge in [-0.2, -0.15) is 0 Å². The van der Waals surface area contributed by atoms with Gasteiger partial charge in [0, 0.05) is 28.3 Å². The molecule has 13 heteroatoms. The second-order valence-corrected chi connectivity index (χ2v) is 17.1. The number of benzene rings is 6. The topological polar surface area (TPSA) is 162 Å². The van der Waals surface area contributed by atoms with Gasteiger partial charge in [0.15, 0.2) is 17.3 Å². The van der Waals surface area contributed by atoms with Crippen molar-refractivity contribution in [1.82, 2.24) is 9.97 Å². The number of fused-ring (bicyclic) bond motifs is 4. The van der Waals surface area contributed by atoms with Gasteiger partial charge in [-0.05, 0) is 85.6 Å². The second-order valence-electron chi connectivity index (χ2n) is 13.3. The van der Waals surface area contributed by atoms with Crippen LogP contribution in [0, 0.1) is 13.8 Å². The number of aryl methyl sites for hydroxylation is 2. The zero-order valence-corrected chi connectivity index (χ0v) is 32.6. The molecule has 2 aromatic heterocycles. The molecule has 4 N–H and O–H groups in total. The van der Waals surface area contributed by atoms with Gasteiger partial charge in [-0.1, -0.05) is 48.5 Å². The highest BCUT2D eigenvalue weighted by atomic mass is 32.2. The quantitative estimate of drug-likeness (QED) is 0.110. The van der Waals surface area contributed by atoms with Crippen LogP contribution in [0.25, 0.3) is 41.6 Å². The number of ketones is 2. The van der Waals surface area contributed by atoms with Crippen molar-refractivity contribution in [3.8, 4) is 38.4 Å². The summed E-state index contributed by atoms with van der Waals surface area (Å²) in [7, 11) is -3.31. The maximum Gasteiger partial charge on any atom is 0.229 e. The monoisotopic (exact) mass is 796 g/mol. The molecule has 0 bridgehead atoms. The molecule has 278 valence electrons. The number of phenolic OH excluding ortho intramolecular Hbond substituents is 1. The van der Waals surface area contributed by atoms with Gasteiger partial charge >= 0.3 is 0 Å². The van der Waals surface area contributed by atoms with Gasteiger partial charge < -0.3 is 15.6 Å². The average Bonchev–Trinajstić information content (AvgIpc) is 3.80. The van der Waals surface area contributed by atoms with E-state index in [0.717, 1.165) is 48.7 Å². The van der Waals surface area contributed by atoms with E-state index in [2.05, 4.69) is 42.0 Å². The molecule has 2 heterocycles. The molecule has 0 saturated carbocycles. The number of sulfonamides is 1. The second kappa shape index (κ2) is 14.3. The Labute approximate surface area is 330 Å². The van der Waals surface area contributed by atoms with Crippen LogP contribution in [-0.4, -0.2) is 41.3 Å². The predicted octanol–water partition coefficient (Wildman–Crippen LogP) is 9.77. The van der Waals surface area contributed by atoms with Gasteiger partial charge in [0.25, 0.3) is 0 Å². The Kier molecular flexibility index (Phi) is 9.36. The van der Waals surface area contributed by atoms with Gasteiger partial charge in [0.05, 0.1) is 49.2 Å². The Hall–Kier alpha value is -6.41. The highest BCUT2D eigenvalue weighted by Crippen LogP contribution is 2.43. The number of rotatable bonds is 6. The molecule has 0 amide bonds. The van der Waals surface area contributed by atoms with Crippen LogP contribution in [0.3, 0.4) is 0 Å². The van der Waals surface area contributed by atoms with E-state index >= 15 is 0 Å². The summed E-state index contributed by atoms with van der Waals surface area (Å²) in [5.74, 6) is -0.535. The maximum atomic E-state index is 12.8. The Morgan fingerprint density at radius 2 is 1.27 bits per heavy atom. The molecular formula is C43H32N4O6S3. The number of ether oxygens (including phenoxy) is 1. The normalized spacial score (nSPS) is 12.2. The molecule has 8 aromatic rings. The van der Waals surface area contributed by atoms with E-state index in [1.807, 2.05) is 31.2 Å². The van der Waals surface area contributed by atoms with Crippen LogP contribution < -0.4 is 15.2 Å². The number of aromatic hydroxyl groups is 1. The Balaban J connectivity index is 0.000000161. The summed E-state index contributed by atoms with van der Waals surface area (Å²) in [6, 6.07) is 34.8. The van der Waals surface area contributed by atoms with Crippen LogP contribution >= 0.6 is 22.7 Å². The van der Waals surface area contributed by atoms with Gasteiger partial charge in [0.1, 0.15) is 21.5 Å². The first-order valence-corrected chi connectivity index (χ1v) is 20.8. The number of nitrogen functional groups attached to an aromatic ring is 1. The van der Waals surface area contributed by atoms with Crippen LogP contribution in [0.1, 0.15) is 43.0 Å². The smallest absolute Gasteiger partial charge is 0.229 e. The van der Waals surface area contributed by atoms with Gasteiger partial charge in [-0.15, -0.1) is 22.7 Å². The van der Waals surface area contributed by atoms with Crippen molar-refractivity contribution in [3.05, 3.63) is 149 Å². The maximum absolute atomic E-state index is 12.8. The van der Waals surface area contributed by atoms with E-state index < -0.39 is 21.6 Å². The van der Waals surface area contributed by atoms with E-state index in [1.54, 1.807) is 77.3 Å². The summed E-state index contributed by atoms with van der Waals surface area (Å²) >= 11 is 3.32. The molecule has 0 atom stereocenters. The first-order valence-electron chi connectivity index (χ1n) is 17.3. The zero-order chi connectivity index (χ0) is 39.3. The number of anilines is 2. The summed E-state index contributed by atoms with van der Waals surface area (Å²) in [5.41, 5.74) is 13.3. The van der Waals surface area contributed by atoms with Crippen molar-refractivity contribution in [1.29, 1.82) is 0 Å². The number of hydrogen-bond acceptors (Lipinski definition) is 11. The van der Waals surface area contributed by atoms with Crippen LogP contribution in [0.4, 0.5) is 11.4 Å². The summed E-state index contributed by atoms with van der Waals surface area (Å²) in [4.78, 5) is 35.1. The van der Waals surface area contributed by atoms with Gasteiger partial charge in [0.2, 0.25) is 10.0 Å². The van der Waals surface area contributed by atoms with Crippen LogP contribution in [0.15, 0.2) is 115 Å². The number of carbonyl (C=O) groups is 2. The van der Waals surface area contributed by atoms with Crippen molar-refractivity contribution >= 4 is 76.1 Å². The lowest BCUT2D eigenvalue weighted by Gasteiger charge is -2.21. The van der Waals surface area contributed by atoms with Crippen molar-refractivity contribution in [3.63, 3.8) is 0 Å². The fourth-order valence-corrected chi connectivity index (χ4v) is 9.11. The third kappa shape index (κ3) is 7.10. The van der Waals surface area contributed by atoms with E-state index in [-0.39, 0.29) is 39.4 Å². The summed E-state index contributed by atoms with van der Waals surface area (Å²) in [6.45, 7) is 3.98. The lowest BCUT2D eigenvalue weighted by Crippen LogP contribution is -2.22. The number of para-hydroxylation sites is 1. The Bertz CT molecular complexity index is 2990. The SMILES string of the molecule is Cc1ccc2nc(-c3ccc4nc(-c5ccc(NS(C)(=O)=O)c(C)c5)sc4c3)sc2c1.Nc1c(Oc2ccccc2)cc(O)c2c1C(=O)c1ccccc1C2=O. The van der Waals surface area contributed by atoms with E-state index in [0.29, 0.717) is 11.4 Å². The van der Waals surface area contributed by atoms with Crippen molar-refractivity contribution in [2.45, 2.75) is 13.8 Å². The first-order chi connectivity index (χ1) is 26.8. The van der Waals surface area contributed by atoms with E-state index in [9.17, 15) is 23.1 Å². The number of phenols is 1. The summed E-state index contributed by atoms with van der Waals surface area (Å²) in [6.07, 6.45) is 1.15. The van der Waals surface area contributed by atoms with Crippen molar-refractivity contribution < 1.29 is 27.9 Å². The molecule has 6 aromatic carbocycles. The number of nitrogens with one attached hydrogen (secondary N) is 1.